The summed E-state index contributed by atoms with van der Waals surface area (Å²) in [6.07, 6.45) is 6.88. The van der Waals surface area contributed by atoms with Crippen LogP contribution in [0.25, 0.3) is 0 Å². The van der Waals surface area contributed by atoms with E-state index in [-0.39, 0.29) is 0 Å². The Hall–Kier alpha value is -0.850. The summed E-state index contributed by atoms with van der Waals surface area (Å²) in [5, 5.41) is 0. The van der Waals surface area contributed by atoms with Crippen molar-refractivity contribution in [3.05, 3.63) is 28.6 Å². The number of rotatable bonds is 1. The maximum Gasteiger partial charge on any atom is 0.0457 e. The van der Waals surface area contributed by atoms with Crippen LogP contribution in [0.15, 0.2) is 0 Å². The first-order chi connectivity index (χ1) is 7.18. The maximum atomic E-state index is 4.55. The second-order valence-corrected chi connectivity index (χ2v) is 4.78. The van der Waals surface area contributed by atoms with Gasteiger partial charge in [0.15, 0.2) is 0 Å². The standard InChI is InChI=1S/C14H20N/c1-10-9-11(2)15-12(3)14(10)13-7-5-4-6-8-13/h13H,4-8H2,1-3H3. The summed E-state index contributed by atoms with van der Waals surface area (Å²) < 4.78 is 0. The zero-order valence-electron chi connectivity index (χ0n) is 10.1. The molecular weight excluding hydrogens is 182 g/mol. The van der Waals surface area contributed by atoms with Crippen LogP contribution in [0.4, 0.5) is 0 Å². The molecule has 0 bridgehead atoms. The minimum atomic E-state index is 0.753. The summed E-state index contributed by atoms with van der Waals surface area (Å²) in [7, 11) is 0. The van der Waals surface area contributed by atoms with Gasteiger partial charge in [-0.2, -0.15) is 0 Å². The summed E-state index contributed by atoms with van der Waals surface area (Å²) >= 11 is 0. The molecule has 0 saturated heterocycles. The molecular formula is C14H20N. The summed E-state index contributed by atoms with van der Waals surface area (Å²) in [5.41, 5.74) is 5.08. The number of nitrogens with zero attached hydrogens (tertiary/aromatic N) is 1. The minimum Gasteiger partial charge on any atom is -0.258 e. The third kappa shape index (κ3) is 2.22. The zero-order valence-corrected chi connectivity index (χ0v) is 10.1. The van der Waals surface area contributed by atoms with Gasteiger partial charge in [-0.25, -0.2) is 0 Å². The molecule has 0 N–H and O–H groups in total. The van der Waals surface area contributed by atoms with Crippen molar-refractivity contribution >= 4 is 0 Å². The Morgan fingerprint density at radius 1 is 1.07 bits per heavy atom. The van der Waals surface area contributed by atoms with Gasteiger partial charge < -0.3 is 0 Å². The number of pyridine rings is 1. The Labute approximate surface area is 92.9 Å². The Kier molecular flexibility index (Phi) is 3.08. The largest absolute Gasteiger partial charge is 0.258 e. The summed E-state index contributed by atoms with van der Waals surface area (Å²) in [5.74, 6) is 0.753. The fourth-order valence-corrected chi connectivity index (χ4v) is 2.94. The van der Waals surface area contributed by atoms with Gasteiger partial charge in [0.05, 0.1) is 0 Å². The van der Waals surface area contributed by atoms with Gasteiger partial charge in [0.1, 0.15) is 0 Å². The zero-order chi connectivity index (χ0) is 10.8. The van der Waals surface area contributed by atoms with E-state index in [9.17, 15) is 0 Å². The highest BCUT2D eigenvalue weighted by Gasteiger charge is 2.19. The lowest BCUT2D eigenvalue weighted by molar-refractivity contribution is 0.440. The molecule has 1 radical (unpaired) electrons. The van der Waals surface area contributed by atoms with Crippen LogP contribution in [-0.4, -0.2) is 4.98 Å². The number of hydrogen-bond acceptors (Lipinski definition) is 1. The molecule has 1 aliphatic carbocycles. The van der Waals surface area contributed by atoms with Crippen LogP contribution < -0.4 is 0 Å². The molecule has 1 aromatic heterocycles. The van der Waals surface area contributed by atoms with Crippen molar-refractivity contribution in [3.8, 4) is 0 Å². The van der Waals surface area contributed by atoms with Crippen LogP contribution in [0.2, 0.25) is 0 Å². The first-order valence-corrected chi connectivity index (χ1v) is 6.05. The third-order valence-corrected chi connectivity index (χ3v) is 3.51. The minimum absolute atomic E-state index is 0.753. The van der Waals surface area contributed by atoms with Crippen LogP contribution in [0.1, 0.15) is 60.5 Å². The van der Waals surface area contributed by atoms with E-state index in [1.165, 1.54) is 48.9 Å². The molecule has 0 unspecified atom stereocenters. The predicted octanol–water partition coefficient (Wildman–Crippen LogP) is 3.85. The first kappa shape index (κ1) is 10.7. The Morgan fingerprint density at radius 2 is 1.73 bits per heavy atom. The summed E-state index contributed by atoms with van der Waals surface area (Å²) in [4.78, 5) is 4.55. The van der Waals surface area contributed by atoms with Crippen molar-refractivity contribution in [2.45, 2.75) is 58.8 Å². The van der Waals surface area contributed by atoms with Crippen molar-refractivity contribution in [1.82, 2.24) is 4.98 Å². The molecule has 81 valence electrons. The molecule has 1 heteroatoms. The molecule has 1 nitrogen and oxygen atoms in total. The molecule has 0 aromatic carbocycles. The van der Waals surface area contributed by atoms with Gasteiger partial charge in [0.25, 0.3) is 0 Å². The Bertz CT molecular complexity index is 325. The highest BCUT2D eigenvalue weighted by Crippen LogP contribution is 2.35. The van der Waals surface area contributed by atoms with Crippen LogP contribution in [0.5, 0.6) is 0 Å². The summed E-state index contributed by atoms with van der Waals surface area (Å²) in [6.45, 7) is 6.37. The fourth-order valence-electron chi connectivity index (χ4n) is 2.94. The van der Waals surface area contributed by atoms with Crippen LogP contribution in [0, 0.1) is 26.8 Å². The molecule has 0 aliphatic heterocycles. The topological polar surface area (TPSA) is 12.9 Å². The van der Waals surface area contributed by atoms with Crippen LogP contribution >= 0.6 is 0 Å². The molecule has 1 heterocycles. The molecule has 1 fully saturated rings. The highest BCUT2D eigenvalue weighted by molar-refractivity contribution is 5.33. The molecule has 2 rings (SSSR count). The Balaban J connectivity index is 2.33. The predicted molar refractivity (Wildman–Crippen MR) is 63.1 cm³/mol. The van der Waals surface area contributed by atoms with Gasteiger partial charge in [0, 0.05) is 17.5 Å². The monoisotopic (exact) mass is 202 g/mol. The molecule has 0 spiro atoms. The molecule has 0 atom stereocenters. The first-order valence-electron chi connectivity index (χ1n) is 6.05. The van der Waals surface area contributed by atoms with E-state index >= 15 is 0 Å². The van der Waals surface area contributed by atoms with Crippen LogP contribution in [0.3, 0.4) is 0 Å². The molecule has 15 heavy (non-hydrogen) atoms. The third-order valence-electron chi connectivity index (χ3n) is 3.51. The van der Waals surface area contributed by atoms with E-state index in [2.05, 4.69) is 24.9 Å². The van der Waals surface area contributed by atoms with Gasteiger partial charge >= 0.3 is 0 Å². The maximum absolute atomic E-state index is 4.55. The van der Waals surface area contributed by atoms with Gasteiger partial charge in [-0.05, 0) is 50.7 Å². The van der Waals surface area contributed by atoms with E-state index in [1.54, 1.807) is 0 Å². The molecule has 1 aromatic rings. The number of aromatic nitrogens is 1. The second-order valence-electron chi connectivity index (χ2n) is 4.78. The van der Waals surface area contributed by atoms with Crippen molar-refractivity contribution in [2.75, 3.05) is 0 Å². The lowest BCUT2D eigenvalue weighted by Gasteiger charge is -2.24. The quantitative estimate of drug-likeness (QED) is 0.674. The average Bonchev–Trinajstić information content (AvgIpc) is 2.17. The van der Waals surface area contributed by atoms with Crippen LogP contribution in [-0.2, 0) is 0 Å². The van der Waals surface area contributed by atoms with Crippen molar-refractivity contribution in [1.29, 1.82) is 0 Å². The van der Waals surface area contributed by atoms with Gasteiger partial charge in [0.2, 0.25) is 0 Å². The molecule has 1 aliphatic rings. The molecule has 1 saturated carbocycles. The molecule has 0 amide bonds. The van der Waals surface area contributed by atoms with Crippen molar-refractivity contribution < 1.29 is 0 Å². The van der Waals surface area contributed by atoms with Gasteiger partial charge in [-0.1, -0.05) is 19.3 Å². The Morgan fingerprint density at radius 3 is 2.33 bits per heavy atom. The lowest BCUT2D eigenvalue weighted by Crippen LogP contribution is -2.09. The highest BCUT2D eigenvalue weighted by atomic mass is 14.7. The number of hydrogen-bond donors (Lipinski definition) is 0. The van der Waals surface area contributed by atoms with E-state index < -0.39 is 0 Å². The second kappa shape index (κ2) is 4.34. The van der Waals surface area contributed by atoms with Crippen molar-refractivity contribution in [3.63, 3.8) is 0 Å². The van der Waals surface area contributed by atoms with E-state index in [1.807, 2.05) is 6.92 Å². The number of aryl methyl sites for hydroxylation is 3. The lowest BCUT2D eigenvalue weighted by atomic mass is 9.81. The van der Waals surface area contributed by atoms with E-state index in [0.717, 1.165) is 11.6 Å². The fraction of sp³-hybridized carbons (Fsp3) is 0.643. The van der Waals surface area contributed by atoms with E-state index in [0.29, 0.717) is 0 Å². The SMILES string of the molecule is Cc1[c]c(C)c(C2CCCCC2)c(C)n1. The van der Waals surface area contributed by atoms with Gasteiger partial charge in [-0.15, -0.1) is 0 Å². The van der Waals surface area contributed by atoms with E-state index in [4.69, 9.17) is 0 Å². The van der Waals surface area contributed by atoms with Gasteiger partial charge in [-0.3, -0.25) is 4.98 Å². The normalized spacial score (nSPS) is 18.1. The smallest absolute Gasteiger partial charge is 0.0457 e. The average molecular weight is 202 g/mol. The summed E-state index contributed by atoms with van der Waals surface area (Å²) in [6, 6.07) is 3.37. The van der Waals surface area contributed by atoms with Crippen molar-refractivity contribution in [2.24, 2.45) is 0 Å².